The van der Waals surface area contributed by atoms with Crippen molar-refractivity contribution in [3.8, 4) is 0 Å². The molecule has 2 atom stereocenters. The summed E-state index contributed by atoms with van der Waals surface area (Å²) in [5, 5.41) is 0. The summed E-state index contributed by atoms with van der Waals surface area (Å²) in [6, 6.07) is 4.94. The summed E-state index contributed by atoms with van der Waals surface area (Å²) in [7, 11) is 0. The van der Waals surface area contributed by atoms with Crippen molar-refractivity contribution < 1.29 is 9.21 Å². The van der Waals surface area contributed by atoms with Gasteiger partial charge in [0, 0.05) is 25.2 Å². The first-order chi connectivity index (χ1) is 9.26. The third-order valence-corrected chi connectivity index (χ3v) is 4.47. The lowest BCUT2D eigenvalue weighted by Crippen LogP contribution is -2.58. The van der Waals surface area contributed by atoms with Crippen LogP contribution in [-0.4, -0.2) is 47.8 Å². The van der Waals surface area contributed by atoms with Gasteiger partial charge in [0.05, 0.1) is 6.54 Å². The van der Waals surface area contributed by atoms with Crippen LogP contribution in [0.2, 0.25) is 0 Å². The number of nitrogens with zero attached hydrogens (tertiary/aromatic N) is 2. The lowest BCUT2D eigenvalue weighted by atomic mass is 9.97. The molecule has 3 rings (SSSR count). The average Bonchev–Trinajstić information content (AvgIpc) is 2.87. The normalized spacial score (nSPS) is 29.1. The maximum absolute atomic E-state index is 10.7. The minimum absolute atomic E-state index is 0.430. The third-order valence-electron chi connectivity index (χ3n) is 4.47. The van der Waals surface area contributed by atoms with E-state index in [2.05, 4.69) is 16.7 Å². The van der Waals surface area contributed by atoms with E-state index in [1.807, 2.05) is 6.07 Å². The summed E-state index contributed by atoms with van der Waals surface area (Å²) < 4.78 is 5.50. The number of rotatable bonds is 3. The molecule has 0 amide bonds. The molecule has 0 saturated carbocycles. The number of hydrogen-bond acceptors (Lipinski definition) is 4. The Bertz CT molecular complexity index is 443. The van der Waals surface area contributed by atoms with E-state index < -0.39 is 0 Å². The summed E-state index contributed by atoms with van der Waals surface area (Å²) in [6.07, 6.45) is 4.80. The SMILES string of the molecule is CC1CN2CCCCC2CN1Cc1ccc(C=O)o1. The Morgan fingerprint density at radius 2 is 2.26 bits per heavy atom. The number of aldehydes is 1. The number of piperazine rings is 1. The van der Waals surface area contributed by atoms with Gasteiger partial charge in [-0.25, -0.2) is 0 Å². The summed E-state index contributed by atoms with van der Waals surface area (Å²) in [5.41, 5.74) is 0. The fourth-order valence-corrected chi connectivity index (χ4v) is 3.38. The first kappa shape index (κ1) is 12.9. The molecule has 0 bridgehead atoms. The number of carbonyl (C=O) groups is 1. The van der Waals surface area contributed by atoms with Gasteiger partial charge in [-0.3, -0.25) is 14.6 Å². The Morgan fingerprint density at radius 3 is 3.05 bits per heavy atom. The number of fused-ring (bicyclic) bond motifs is 1. The number of hydrogen-bond donors (Lipinski definition) is 0. The largest absolute Gasteiger partial charge is 0.457 e. The van der Waals surface area contributed by atoms with E-state index in [0.29, 0.717) is 17.8 Å². The van der Waals surface area contributed by atoms with Crippen LogP contribution in [0.1, 0.15) is 42.5 Å². The second-order valence-corrected chi connectivity index (χ2v) is 5.84. The Hall–Kier alpha value is -1.13. The van der Waals surface area contributed by atoms with Crippen molar-refractivity contribution in [3.63, 3.8) is 0 Å². The summed E-state index contributed by atoms with van der Waals surface area (Å²) >= 11 is 0. The molecule has 19 heavy (non-hydrogen) atoms. The second kappa shape index (κ2) is 5.47. The minimum Gasteiger partial charge on any atom is -0.457 e. The minimum atomic E-state index is 0.430. The van der Waals surface area contributed by atoms with Crippen LogP contribution >= 0.6 is 0 Å². The molecule has 0 aromatic carbocycles. The van der Waals surface area contributed by atoms with Gasteiger partial charge in [0.15, 0.2) is 12.0 Å². The molecule has 0 aliphatic carbocycles. The molecular formula is C15H22N2O2. The van der Waals surface area contributed by atoms with Gasteiger partial charge >= 0.3 is 0 Å². The van der Waals surface area contributed by atoms with Crippen LogP contribution in [-0.2, 0) is 6.54 Å². The molecule has 4 heteroatoms. The van der Waals surface area contributed by atoms with Gasteiger partial charge in [-0.1, -0.05) is 6.42 Å². The second-order valence-electron chi connectivity index (χ2n) is 5.84. The topological polar surface area (TPSA) is 36.7 Å². The van der Waals surface area contributed by atoms with E-state index in [0.717, 1.165) is 31.7 Å². The van der Waals surface area contributed by atoms with E-state index in [9.17, 15) is 4.79 Å². The van der Waals surface area contributed by atoms with Crippen molar-refractivity contribution in [2.75, 3.05) is 19.6 Å². The van der Waals surface area contributed by atoms with Crippen LogP contribution in [0.25, 0.3) is 0 Å². The van der Waals surface area contributed by atoms with Gasteiger partial charge in [-0.15, -0.1) is 0 Å². The maximum atomic E-state index is 10.7. The van der Waals surface area contributed by atoms with Gasteiger partial charge in [-0.2, -0.15) is 0 Å². The van der Waals surface area contributed by atoms with Crippen molar-refractivity contribution in [2.24, 2.45) is 0 Å². The lowest BCUT2D eigenvalue weighted by Gasteiger charge is -2.47. The molecule has 2 unspecified atom stereocenters. The van der Waals surface area contributed by atoms with Crippen molar-refractivity contribution in [3.05, 3.63) is 23.7 Å². The van der Waals surface area contributed by atoms with Crippen LogP contribution in [0.5, 0.6) is 0 Å². The molecule has 2 fully saturated rings. The van der Waals surface area contributed by atoms with Crippen LogP contribution in [0.3, 0.4) is 0 Å². The molecule has 2 aliphatic heterocycles. The molecule has 3 heterocycles. The molecule has 1 aromatic rings. The molecule has 2 saturated heterocycles. The predicted molar refractivity (Wildman–Crippen MR) is 73.2 cm³/mol. The number of furan rings is 1. The summed E-state index contributed by atoms with van der Waals surface area (Å²) in [5.74, 6) is 1.33. The molecule has 0 spiro atoms. The van der Waals surface area contributed by atoms with Crippen molar-refractivity contribution in [2.45, 2.75) is 44.8 Å². The Morgan fingerprint density at radius 1 is 1.37 bits per heavy atom. The fraction of sp³-hybridized carbons (Fsp3) is 0.667. The quantitative estimate of drug-likeness (QED) is 0.782. The van der Waals surface area contributed by atoms with Crippen molar-refractivity contribution >= 4 is 6.29 Å². The molecule has 1 aromatic heterocycles. The van der Waals surface area contributed by atoms with Gasteiger partial charge in [-0.05, 0) is 38.4 Å². The lowest BCUT2D eigenvalue weighted by molar-refractivity contribution is 0.00797. The number of piperidine rings is 1. The summed E-state index contributed by atoms with van der Waals surface area (Å²) in [6.45, 7) is 6.65. The molecule has 2 aliphatic rings. The highest BCUT2D eigenvalue weighted by molar-refractivity contribution is 5.70. The molecular weight excluding hydrogens is 240 g/mol. The number of carbonyl (C=O) groups excluding carboxylic acids is 1. The van der Waals surface area contributed by atoms with Gasteiger partial charge in [0.25, 0.3) is 0 Å². The highest BCUT2D eigenvalue weighted by Crippen LogP contribution is 2.25. The Labute approximate surface area is 114 Å². The Kier molecular flexibility index (Phi) is 3.71. The van der Waals surface area contributed by atoms with Crippen LogP contribution in [0.4, 0.5) is 0 Å². The summed E-state index contributed by atoms with van der Waals surface area (Å²) in [4.78, 5) is 15.8. The molecule has 0 N–H and O–H groups in total. The van der Waals surface area contributed by atoms with Crippen LogP contribution in [0.15, 0.2) is 16.5 Å². The van der Waals surface area contributed by atoms with E-state index >= 15 is 0 Å². The molecule has 0 radical (unpaired) electrons. The van der Waals surface area contributed by atoms with Gasteiger partial charge < -0.3 is 4.42 Å². The van der Waals surface area contributed by atoms with Crippen molar-refractivity contribution in [1.29, 1.82) is 0 Å². The fourth-order valence-electron chi connectivity index (χ4n) is 3.38. The zero-order valence-corrected chi connectivity index (χ0v) is 11.5. The van der Waals surface area contributed by atoms with Crippen molar-refractivity contribution in [1.82, 2.24) is 9.80 Å². The highest BCUT2D eigenvalue weighted by Gasteiger charge is 2.33. The smallest absolute Gasteiger partial charge is 0.185 e. The third kappa shape index (κ3) is 2.74. The van der Waals surface area contributed by atoms with E-state index in [1.165, 1.54) is 25.8 Å². The monoisotopic (exact) mass is 262 g/mol. The molecule has 4 nitrogen and oxygen atoms in total. The van der Waals surface area contributed by atoms with E-state index in [4.69, 9.17) is 4.42 Å². The average molecular weight is 262 g/mol. The van der Waals surface area contributed by atoms with E-state index in [1.54, 1.807) is 6.07 Å². The first-order valence-corrected chi connectivity index (χ1v) is 7.28. The highest BCUT2D eigenvalue weighted by atomic mass is 16.3. The van der Waals surface area contributed by atoms with Gasteiger partial charge in [0.1, 0.15) is 5.76 Å². The van der Waals surface area contributed by atoms with Crippen LogP contribution < -0.4 is 0 Å². The van der Waals surface area contributed by atoms with Gasteiger partial charge in [0.2, 0.25) is 0 Å². The zero-order valence-electron chi connectivity index (χ0n) is 11.5. The van der Waals surface area contributed by atoms with E-state index in [-0.39, 0.29) is 0 Å². The van der Waals surface area contributed by atoms with Crippen LogP contribution in [0, 0.1) is 0 Å². The zero-order chi connectivity index (χ0) is 13.2. The standard InChI is InChI=1S/C15H22N2O2/c1-12-8-16-7-3-2-4-13(16)9-17(12)10-14-5-6-15(11-18)19-14/h5-6,11-13H,2-4,7-10H2,1H3. The molecule has 104 valence electrons. The first-order valence-electron chi connectivity index (χ1n) is 7.28. The predicted octanol–water partition coefficient (Wildman–Crippen LogP) is 2.15. The Balaban J connectivity index is 1.65. The maximum Gasteiger partial charge on any atom is 0.185 e.